The highest BCUT2D eigenvalue weighted by Crippen LogP contribution is 2.25. The lowest BCUT2D eigenvalue weighted by Crippen LogP contribution is -2.37. The highest BCUT2D eigenvalue weighted by Gasteiger charge is 2.19. The number of nitrogens with zero attached hydrogens (tertiary/aromatic N) is 3. The van der Waals surface area contributed by atoms with E-state index in [-0.39, 0.29) is 24.9 Å². The van der Waals surface area contributed by atoms with Gasteiger partial charge >= 0.3 is 0 Å². The lowest BCUT2D eigenvalue weighted by molar-refractivity contribution is -0.133. The second-order valence-corrected chi connectivity index (χ2v) is 8.55. The van der Waals surface area contributed by atoms with Crippen molar-refractivity contribution < 1.29 is 9.59 Å². The molecule has 0 saturated carbocycles. The molecular formula is C25H23BrN4O2. The van der Waals surface area contributed by atoms with Gasteiger partial charge in [0.1, 0.15) is 12.4 Å². The first-order chi connectivity index (χ1) is 15.4. The normalized spacial score (nSPS) is 10.8. The Morgan fingerprint density at radius 1 is 1.03 bits per heavy atom. The lowest BCUT2D eigenvalue weighted by atomic mass is 10.2. The maximum atomic E-state index is 13.0. The summed E-state index contributed by atoms with van der Waals surface area (Å²) in [4.78, 5) is 31.7. The van der Waals surface area contributed by atoms with Crippen LogP contribution in [-0.2, 0) is 16.1 Å². The number of imidazole rings is 1. The average Bonchev–Trinajstić information content (AvgIpc) is 3.14. The second-order valence-electron chi connectivity index (χ2n) is 7.63. The van der Waals surface area contributed by atoms with E-state index in [1.807, 2.05) is 84.3 Å². The molecule has 0 bridgehead atoms. The Bertz CT molecular complexity index is 1280. The van der Waals surface area contributed by atoms with Crippen LogP contribution in [0.2, 0.25) is 0 Å². The Labute approximate surface area is 195 Å². The minimum absolute atomic E-state index is 0.0400. The average molecular weight is 491 g/mol. The van der Waals surface area contributed by atoms with Gasteiger partial charge in [-0.2, -0.15) is 0 Å². The molecule has 1 aromatic heterocycles. The van der Waals surface area contributed by atoms with Gasteiger partial charge in [0, 0.05) is 22.8 Å². The number of carbonyl (C=O) groups is 2. The van der Waals surface area contributed by atoms with Gasteiger partial charge in [-0.05, 0) is 42.8 Å². The summed E-state index contributed by atoms with van der Waals surface area (Å²) in [5, 5.41) is 2.88. The number of likely N-dealkylation sites (N-methyl/N-ethyl adjacent to an activating group) is 1. The summed E-state index contributed by atoms with van der Waals surface area (Å²) in [6.45, 7) is 1.97. The first-order valence-corrected chi connectivity index (χ1v) is 11.0. The molecule has 0 aliphatic rings. The van der Waals surface area contributed by atoms with Crippen LogP contribution >= 0.6 is 15.9 Å². The Balaban J connectivity index is 1.51. The third-order valence-electron chi connectivity index (χ3n) is 5.25. The highest BCUT2D eigenvalue weighted by atomic mass is 79.9. The van der Waals surface area contributed by atoms with Gasteiger partial charge in [-0.3, -0.25) is 9.59 Å². The number of nitrogens with one attached hydrogen (secondary N) is 1. The molecular weight excluding hydrogens is 468 g/mol. The van der Waals surface area contributed by atoms with Crippen molar-refractivity contribution in [3.8, 4) is 11.4 Å². The van der Waals surface area contributed by atoms with Crippen LogP contribution in [0.15, 0.2) is 77.3 Å². The van der Waals surface area contributed by atoms with Gasteiger partial charge in [-0.15, -0.1) is 0 Å². The summed E-state index contributed by atoms with van der Waals surface area (Å²) < 4.78 is 2.85. The topological polar surface area (TPSA) is 67.2 Å². The number of aromatic nitrogens is 2. The van der Waals surface area contributed by atoms with Gasteiger partial charge in [0.25, 0.3) is 0 Å². The third-order valence-corrected chi connectivity index (χ3v) is 5.74. The zero-order valence-corrected chi connectivity index (χ0v) is 19.5. The minimum atomic E-state index is -0.245. The molecule has 0 unspecified atom stereocenters. The molecule has 0 spiro atoms. The fourth-order valence-corrected chi connectivity index (χ4v) is 4.04. The molecule has 0 aliphatic carbocycles. The smallest absolute Gasteiger partial charge is 0.243 e. The largest absolute Gasteiger partial charge is 0.335 e. The second kappa shape index (κ2) is 9.36. The van der Waals surface area contributed by atoms with Crippen molar-refractivity contribution in [1.29, 1.82) is 0 Å². The molecule has 6 nitrogen and oxygen atoms in total. The van der Waals surface area contributed by atoms with Gasteiger partial charge in [0.2, 0.25) is 11.8 Å². The van der Waals surface area contributed by atoms with E-state index < -0.39 is 0 Å². The Morgan fingerprint density at radius 2 is 1.75 bits per heavy atom. The van der Waals surface area contributed by atoms with Crippen LogP contribution in [0.3, 0.4) is 0 Å². The molecule has 2 amide bonds. The molecule has 0 atom stereocenters. The summed E-state index contributed by atoms with van der Waals surface area (Å²) in [7, 11) is 1.64. The lowest BCUT2D eigenvalue weighted by Gasteiger charge is -2.19. The number of amides is 2. The standard InChI is InChI=1S/C25H23BrN4O2/c1-17-14-19(26)12-13-20(17)27-23(31)15-29(2)24(32)16-30-22-11-7-6-10-21(22)28-25(30)18-8-4-3-5-9-18/h3-14H,15-16H2,1-2H3,(H,27,31). The van der Waals surface area contributed by atoms with Crippen molar-refractivity contribution in [2.45, 2.75) is 13.5 Å². The number of carbonyl (C=O) groups excluding carboxylic acids is 2. The van der Waals surface area contributed by atoms with Crippen molar-refractivity contribution in [2.24, 2.45) is 0 Å². The summed E-state index contributed by atoms with van der Waals surface area (Å²) in [6.07, 6.45) is 0. The third kappa shape index (κ3) is 4.73. The number of benzene rings is 3. The predicted molar refractivity (Wildman–Crippen MR) is 130 cm³/mol. The Hall–Kier alpha value is -3.45. The quantitative estimate of drug-likeness (QED) is 0.419. The van der Waals surface area contributed by atoms with Crippen LogP contribution in [-0.4, -0.2) is 39.9 Å². The summed E-state index contributed by atoms with van der Waals surface area (Å²) >= 11 is 3.42. The molecule has 32 heavy (non-hydrogen) atoms. The Morgan fingerprint density at radius 3 is 2.50 bits per heavy atom. The number of anilines is 1. The van der Waals surface area contributed by atoms with Crippen molar-refractivity contribution in [2.75, 3.05) is 18.9 Å². The molecule has 1 N–H and O–H groups in total. The summed E-state index contributed by atoms with van der Waals surface area (Å²) in [5.74, 6) is 0.307. The van der Waals surface area contributed by atoms with Crippen LogP contribution in [0.25, 0.3) is 22.4 Å². The van der Waals surface area contributed by atoms with Gasteiger partial charge < -0.3 is 14.8 Å². The summed E-state index contributed by atoms with van der Waals surface area (Å²) in [6, 6.07) is 23.2. The van der Waals surface area contributed by atoms with Crippen LogP contribution in [0, 0.1) is 6.92 Å². The van der Waals surface area contributed by atoms with Gasteiger partial charge in [0.15, 0.2) is 0 Å². The van der Waals surface area contributed by atoms with E-state index in [1.165, 1.54) is 4.90 Å². The van der Waals surface area contributed by atoms with Crippen LogP contribution in [0.5, 0.6) is 0 Å². The van der Waals surface area contributed by atoms with E-state index in [0.29, 0.717) is 0 Å². The molecule has 4 rings (SSSR count). The molecule has 0 radical (unpaired) electrons. The Kier molecular flexibility index (Phi) is 6.37. The zero-order valence-electron chi connectivity index (χ0n) is 17.9. The van der Waals surface area contributed by atoms with Crippen molar-refractivity contribution in [3.05, 3.63) is 82.8 Å². The molecule has 162 valence electrons. The van der Waals surface area contributed by atoms with Gasteiger partial charge in [-0.1, -0.05) is 58.4 Å². The maximum Gasteiger partial charge on any atom is 0.243 e. The molecule has 7 heteroatoms. The SMILES string of the molecule is Cc1cc(Br)ccc1NC(=O)CN(C)C(=O)Cn1c(-c2ccccc2)nc2ccccc21. The monoisotopic (exact) mass is 490 g/mol. The van der Waals surface area contributed by atoms with Crippen molar-refractivity contribution >= 4 is 44.5 Å². The van der Waals surface area contributed by atoms with Crippen molar-refractivity contribution in [1.82, 2.24) is 14.5 Å². The fourth-order valence-electron chi connectivity index (χ4n) is 3.56. The number of para-hydroxylation sites is 2. The van der Waals surface area contributed by atoms with E-state index in [9.17, 15) is 9.59 Å². The van der Waals surface area contributed by atoms with Crippen molar-refractivity contribution in [3.63, 3.8) is 0 Å². The minimum Gasteiger partial charge on any atom is -0.335 e. The van der Waals surface area contributed by atoms with Gasteiger partial charge in [-0.25, -0.2) is 4.98 Å². The number of hydrogen-bond acceptors (Lipinski definition) is 3. The van der Waals surface area contributed by atoms with Gasteiger partial charge in [0.05, 0.1) is 17.6 Å². The van der Waals surface area contributed by atoms with E-state index in [4.69, 9.17) is 4.98 Å². The number of rotatable bonds is 6. The fraction of sp³-hybridized carbons (Fsp3) is 0.160. The molecule has 0 fully saturated rings. The number of hydrogen-bond donors (Lipinski definition) is 1. The molecule has 4 aromatic rings. The summed E-state index contributed by atoms with van der Waals surface area (Å²) in [5.41, 5.74) is 4.31. The zero-order chi connectivity index (χ0) is 22.7. The van der Waals surface area contributed by atoms with E-state index in [1.54, 1.807) is 7.05 Å². The van der Waals surface area contributed by atoms with Crippen LogP contribution in [0.4, 0.5) is 5.69 Å². The number of aryl methyl sites for hydroxylation is 1. The number of halogens is 1. The molecule has 0 saturated heterocycles. The maximum absolute atomic E-state index is 13.0. The van der Waals surface area contributed by atoms with E-state index in [0.717, 1.165) is 38.1 Å². The predicted octanol–water partition coefficient (Wildman–Crippen LogP) is 4.87. The molecule has 1 heterocycles. The number of fused-ring (bicyclic) bond motifs is 1. The first kappa shape index (κ1) is 21.8. The first-order valence-electron chi connectivity index (χ1n) is 10.2. The van der Waals surface area contributed by atoms with Crippen LogP contribution in [0.1, 0.15) is 5.56 Å². The highest BCUT2D eigenvalue weighted by molar-refractivity contribution is 9.10. The van der Waals surface area contributed by atoms with Crippen LogP contribution < -0.4 is 5.32 Å². The van der Waals surface area contributed by atoms with E-state index >= 15 is 0 Å². The molecule has 0 aliphatic heterocycles. The van der Waals surface area contributed by atoms with E-state index in [2.05, 4.69) is 21.2 Å². The molecule has 3 aromatic carbocycles.